The van der Waals surface area contributed by atoms with Gasteiger partial charge in [0.1, 0.15) is 6.10 Å². The summed E-state index contributed by atoms with van der Waals surface area (Å²) in [6.45, 7) is 4.31. The maximum atomic E-state index is 10.8. The van der Waals surface area contributed by atoms with Gasteiger partial charge >= 0.3 is 5.97 Å². The molecular formula is C19H30O4. The van der Waals surface area contributed by atoms with Crippen LogP contribution >= 0.6 is 0 Å². The van der Waals surface area contributed by atoms with E-state index in [4.69, 9.17) is 14.6 Å². The molecule has 1 rings (SSSR count). The molecule has 0 aromatic heterocycles. The van der Waals surface area contributed by atoms with Crippen LogP contribution in [-0.2, 0) is 20.7 Å². The number of carbonyl (C=O) groups is 1. The van der Waals surface area contributed by atoms with E-state index in [-0.39, 0.29) is 19.2 Å². The highest BCUT2D eigenvalue weighted by atomic mass is 16.6. The molecule has 1 aromatic rings. The normalized spacial score (nSPS) is 13.5. The van der Waals surface area contributed by atoms with E-state index in [1.54, 1.807) is 0 Å². The molecule has 4 nitrogen and oxygen atoms in total. The minimum Gasteiger partial charge on any atom is -0.458 e. The monoisotopic (exact) mass is 322 g/mol. The van der Waals surface area contributed by atoms with E-state index in [1.807, 2.05) is 0 Å². The zero-order valence-electron chi connectivity index (χ0n) is 14.4. The first-order valence-electron chi connectivity index (χ1n) is 8.51. The van der Waals surface area contributed by atoms with Gasteiger partial charge in [0, 0.05) is 13.5 Å². The predicted octanol–water partition coefficient (Wildman–Crippen LogP) is 3.37. The molecule has 0 spiro atoms. The molecule has 0 saturated heterocycles. The Morgan fingerprint density at radius 3 is 2.52 bits per heavy atom. The van der Waals surface area contributed by atoms with Gasteiger partial charge in [0.2, 0.25) is 0 Å². The van der Waals surface area contributed by atoms with Crippen molar-refractivity contribution in [2.45, 2.75) is 52.1 Å². The first kappa shape index (κ1) is 19.7. The van der Waals surface area contributed by atoms with Crippen LogP contribution in [0.2, 0.25) is 0 Å². The van der Waals surface area contributed by atoms with Crippen LogP contribution in [0.25, 0.3) is 0 Å². The zero-order valence-corrected chi connectivity index (χ0v) is 14.4. The second kappa shape index (κ2) is 12.1. The largest absolute Gasteiger partial charge is 0.458 e. The first-order valence-corrected chi connectivity index (χ1v) is 8.51. The highest BCUT2D eigenvalue weighted by Crippen LogP contribution is 2.15. The molecule has 0 radical (unpaired) electrons. The van der Waals surface area contributed by atoms with Crippen molar-refractivity contribution in [1.29, 1.82) is 0 Å². The molecule has 4 heteroatoms. The Morgan fingerprint density at radius 2 is 1.87 bits per heavy atom. The van der Waals surface area contributed by atoms with E-state index < -0.39 is 6.10 Å². The minimum absolute atomic E-state index is 0.199. The maximum absolute atomic E-state index is 10.8. The fourth-order valence-electron chi connectivity index (χ4n) is 2.55. The van der Waals surface area contributed by atoms with E-state index >= 15 is 0 Å². The molecular weight excluding hydrogens is 292 g/mol. The molecule has 23 heavy (non-hydrogen) atoms. The summed E-state index contributed by atoms with van der Waals surface area (Å²) < 4.78 is 10.4. The molecule has 2 atom stereocenters. The molecule has 0 fully saturated rings. The van der Waals surface area contributed by atoms with Gasteiger partial charge in [-0.1, -0.05) is 43.7 Å². The third-order valence-electron chi connectivity index (χ3n) is 3.83. The molecule has 0 saturated carbocycles. The van der Waals surface area contributed by atoms with E-state index in [0.29, 0.717) is 12.5 Å². The molecule has 130 valence electrons. The smallest absolute Gasteiger partial charge is 0.303 e. The number of aliphatic hydroxyl groups is 1. The molecule has 1 aromatic carbocycles. The van der Waals surface area contributed by atoms with Gasteiger partial charge in [0.05, 0.1) is 13.2 Å². The van der Waals surface area contributed by atoms with Crippen LogP contribution in [0.4, 0.5) is 0 Å². The maximum Gasteiger partial charge on any atom is 0.303 e. The number of aryl methyl sites for hydroxylation is 1. The fourth-order valence-corrected chi connectivity index (χ4v) is 2.55. The van der Waals surface area contributed by atoms with E-state index in [9.17, 15) is 4.79 Å². The van der Waals surface area contributed by atoms with Crippen LogP contribution in [0.3, 0.4) is 0 Å². The Hall–Kier alpha value is -1.39. The second-order valence-corrected chi connectivity index (χ2v) is 6.11. The van der Waals surface area contributed by atoms with Gasteiger partial charge in [-0.2, -0.15) is 0 Å². The van der Waals surface area contributed by atoms with Gasteiger partial charge in [0.15, 0.2) is 0 Å². The molecule has 0 aliphatic heterocycles. The number of benzene rings is 1. The zero-order chi connectivity index (χ0) is 16.9. The Balaban J connectivity index is 2.01. The lowest BCUT2D eigenvalue weighted by atomic mass is 9.97. The van der Waals surface area contributed by atoms with Gasteiger partial charge in [-0.3, -0.25) is 4.79 Å². The van der Waals surface area contributed by atoms with Crippen LogP contribution in [0.1, 0.15) is 45.1 Å². The van der Waals surface area contributed by atoms with Crippen molar-refractivity contribution in [2.24, 2.45) is 5.92 Å². The summed E-state index contributed by atoms with van der Waals surface area (Å²) in [7, 11) is 0. The number of ether oxygens (including phenoxy) is 2. The molecule has 1 N–H and O–H groups in total. The van der Waals surface area contributed by atoms with Crippen LogP contribution in [-0.4, -0.2) is 37.0 Å². The number of aliphatic hydroxyl groups excluding tert-OH is 1. The number of hydrogen-bond acceptors (Lipinski definition) is 4. The summed E-state index contributed by atoms with van der Waals surface area (Å²) in [5, 5.41) is 9.05. The Bertz CT molecular complexity index is 419. The molecule has 0 aliphatic rings. The predicted molar refractivity (Wildman–Crippen MR) is 91.2 cm³/mol. The first-order chi connectivity index (χ1) is 11.1. The number of rotatable bonds is 12. The molecule has 0 amide bonds. The van der Waals surface area contributed by atoms with Crippen molar-refractivity contribution >= 4 is 5.97 Å². The van der Waals surface area contributed by atoms with Crippen molar-refractivity contribution in [2.75, 3.05) is 19.8 Å². The Morgan fingerprint density at radius 1 is 1.17 bits per heavy atom. The Labute approximate surface area is 139 Å². The highest BCUT2D eigenvalue weighted by Gasteiger charge is 2.10. The molecule has 0 heterocycles. The minimum atomic E-state index is -0.546. The van der Waals surface area contributed by atoms with E-state index in [2.05, 4.69) is 37.3 Å². The summed E-state index contributed by atoms with van der Waals surface area (Å²) in [4.78, 5) is 10.8. The number of esters is 1. The van der Waals surface area contributed by atoms with Crippen molar-refractivity contribution in [1.82, 2.24) is 0 Å². The van der Waals surface area contributed by atoms with Gasteiger partial charge in [0.25, 0.3) is 0 Å². The Kier molecular flexibility index (Phi) is 10.3. The second-order valence-electron chi connectivity index (χ2n) is 6.11. The van der Waals surface area contributed by atoms with E-state index in [0.717, 1.165) is 19.3 Å². The highest BCUT2D eigenvalue weighted by molar-refractivity contribution is 5.66. The van der Waals surface area contributed by atoms with Crippen LogP contribution in [0.5, 0.6) is 0 Å². The third-order valence-corrected chi connectivity index (χ3v) is 3.83. The summed E-state index contributed by atoms with van der Waals surface area (Å²) in [5.41, 5.74) is 1.41. The number of hydrogen-bond donors (Lipinski definition) is 1. The topological polar surface area (TPSA) is 55.8 Å². The quantitative estimate of drug-likeness (QED) is 0.473. The summed E-state index contributed by atoms with van der Waals surface area (Å²) in [5.74, 6) is 0.295. The fraction of sp³-hybridized carbons (Fsp3) is 0.632. The standard InChI is InChI=1S/C19H30O4/c1-16(8-6-12-18-10-4-3-5-11-18)9-7-13-22-15-19(14-20)23-17(2)21/h3-5,10-11,16,19-20H,6-9,12-15H2,1-2H3. The van der Waals surface area contributed by atoms with Crippen molar-refractivity contribution in [3.63, 3.8) is 0 Å². The lowest BCUT2D eigenvalue weighted by Gasteiger charge is -2.15. The van der Waals surface area contributed by atoms with Gasteiger partial charge in [-0.25, -0.2) is 0 Å². The lowest BCUT2D eigenvalue weighted by molar-refractivity contribution is -0.152. The third kappa shape index (κ3) is 10.1. The average Bonchev–Trinajstić information content (AvgIpc) is 2.54. The van der Waals surface area contributed by atoms with Crippen LogP contribution in [0.15, 0.2) is 30.3 Å². The molecule has 0 bridgehead atoms. The van der Waals surface area contributed by atoms with Crippen molar-refractivity contribution < 1.29 is 19.4 Å². The van der Waals surface area contributed by atoms with Crippen molar-refractivity contribution in [3.05, 3.63) is 35.9 Å². The van der Waals surface area contributed by atoms with Gasteiger partial charge < -0.3 is 14.6 Å². The lowest BCUT2D eigenvalue weighted by Crippen LogP contribution is -2.26. The van der Waals surface area contributed by atoms with Gasteiger partial charge in [-0.05, 0) is 37.2 Å². The van der Waals surface area contributed by atoms with Crippen LogP contribution in [0, 0.1) is 5.92 Å². The van der Waals surface area contributed by atoms with Crippen LogP contribution < -0.4 is 0 Å². The van der Waals surface area contributed by atoms with Crippen molar-refractivity contribution in [3.8, 4) is 0 Å². The van der Waals surface area contributed by atoms with Gasteiger partial charge in [-0.15, -0.1) is 0 Å². The molecule has 0 aliphatic carbocycles. The summed E-state index contributed by atoms with van der Waals surface area (Å²) in [6.07, 6.45) is 5.15. The summed E-state index contributed by atoms with van der Waals surface area (Å²) in [6, 6.07) is 10.6. The average molecular weight is 322 g/mol. The number of carbonyl (C=O) groups excluding carboxylic acids is 1. The van der Waals surface area contributed by atoms with E-state index in [1.165, 1.54) is 25.3 Å². The SMILES string of the molecule is CC(=O)OC(CO)COCCCC(C)CCCc1ccccc1. The summed E-state index contributed by atoms with van der Waals surface area (Å²) >= 11 is 0. The molecule has 2 unspecified atom stereocenters.